The van der Waals surface area contributed by atoms with Crippen molar-refractivity contribution in [2.45, 2.75) is 31.9 Å². The van der Waals surface area contributed by atoms with E-state index in [2.05, 4.69) is 69.3 Å². The van der Waals surface area contributed by atoms with Crippen LogP contribution in [0.25, 0.3) is 0 Å². The zero-order valence-electron chi connectivity index (χ0n) is 12.5. The van der Waals surface area contributed by atoms with Crippen LogP contribution in [0.15, 0.2) is 60.7 Å². The van der Waals surface area contributed by atoms with Crippen LogP contribution >= 0.6 is 0 Å². The van der Waals surface area contributed by atoms with Gasteiger partial charge in [0.1, 0.15) is 14.4 Å². The van der Waals surface area contributed by atoms with Gasteiger partial charge in [0, 0.05) is 6.04 Å². The molecular weight excluding hydrogens is 260 g/mol. The Labute approximate surface area is 122 Å². The molecule has 1 nitrogen and oxygen atoms in total. The summed E-state index contributed by atoms with van der Waals surface area (Å²) >= 11 is 0. The molecule has 104 valence electrons. The van der Waals surface area contributed by atoms with Crippen LogP contribution in [0.4, 0.5) is 0 Å². The smallest absolute Gasteiger partial charge is 0.130 e. The standard InChI is InChI=1S/C18H22OSi/c1-18(2,3)20(15-14-19,16-10-6-4-7-11-16)17-12-8-5-9-13-17/h4-14H,15H2,1-3H3. The summed E-state index contributed by atoms with van der Waals surface area (Å²) in [4.78, 5) is 11.4. The van der Waals surface area contributed by atoms with Gasteiger partial charge in [0.15, 0.2) is 0 Å². The van der Waals surface area contributed by atoms with Crippen LogP contribution in [0, 0.1) is 0 Å². The fourth-order valence-electron chi connectivity index (χ4n) is 3.14. The molecule has 2 rings (SSSR count). The number of rotatable bonds is 4. The maximum Gasteiger partial charge on any atom is 0.130 e. The van der Waals surface area contributed by atoms with Gasteiger partial charge >= 0.3 is 0 Å². The number of aldehydes is 1. The molecule has 0 spiro atoms. The van der Waals surface area contributed by atoms with Gasteiger partial charge in [0.2, 0.25) is 0 Å². The van der Waals surface area contributed by atoms with Crippen LogP contribution in [0.5, 0.6) is 0 Å². The number of hydrogen-bond donors (Lipinski definition) is 0. The Kier molecular flexibility index (Phi) is 4.24. The molecule has 0 saturated carbocycles. The topological polar surface area (TPSA) is 17.1 Å². The van der Waals surface area contributed by atoms with E-state index >= 15 is 0 Å². The van der Waals surface area contributed by atoms with Gasteiger partial charge in [-0.1, -0.05) is 91.8 Å². The SMILES string of the molecule is CC(C)(C)[Si](CC=O)(c1ccccc1)c1ccccc1. The second-order valence-electron chi connectivity index (χ2n) is 6.26. The van der Waals surface area contributed by atoms with Crippen molar-refractivity contribution in [2.24, 2.45) is 0 Å². The summed E-state index contributed by atoms with van der Waals surface area (Å²) in [6.07, 6.45) is 1.11. The molecule has 0 radical (unpaired) electrons. The van der Waals surface area contributed by atoms with Crippen molar-refractivity contribution in [1.29, 1.82) is 0 Å². The van der Waals surface area contributed by atoms with Crippen molar-refractivity contribution in [3.63, 3.8) is 0 Å². The maximum absolute atomic E-state index is 11.4. The van der Waals surface area contributed by atoms with E-state index in [1.165, 1.54) is 10.4 Å². The van der Waals surface area contributed by atoms with E-state index in [-0.39, 0.29) is 5.04 Å². The van der Waals surface area contributed by atoms with Gasteiger partial charge in [-0.2, -0.15) is 0 Å². The normalized spacial score (nSPS) is 12.2. The predicted molar refractivity (Wildman–Crippen MR) is 88.5 cm³/mol. The Morgan fingerprint density at radius 1 is 0.850 bits per heavy atom. The number of hydrogen-bond acceptors (Lipinski definition) is 1. The van der Waals surface area contributed by atoms with Crippen LogP contribution < -0.4 is 10.4 Å². The van der Waals surface area contributed by atoms with Gasteiger partial charge in [-0.05, 0) is 5.04 Å². The van der Waals surface area contributed by atoms with Gasteiger partial charge in [-0.25, -0.2) is 0 Å². The van der Waals surface area contributed by atoms with E-state index in [4.69, 9.17) is 0 Å². The predicted octanol–water partition coefficient (Wildman–Crippen LogP) is 3.25. The Hall–Kier alpha value is -1.67. The van der Waals surface area contributed by atoms with Gasteiger partial charge < -0.3 is 4.79 Å². The molecule has 0 aliphatic rings. The van der Waals surface area contributed by atoms with E-state index in [9.17, 15) is 4.79 Å². The van der Waals surface area contributed by atoms with E-state index in [1.807, 2.05) is 12.1 Å². The monoisotopic (exact) mass is 282 g/mol. The second-order valence-corrected chi connectivity index (χ2v) is 11.1. The minimum Gasteiger partial charge on any atom is -0.304 e. The van der Waals surface area contributed by atoms with Gasteiger partial charge in [0.05, 0.1) is 0 Å². The van der Waals surface area contributed by atoms with Gasteiger partial charge in [0.25, 0.3) is 0 Å². The summed E-state index contributed by atoms with van der Waals surface area (Å²) in [5.41, 5.74) is 0. The third-order valence-corrected chi connectivity index (χ3v) is 10.2. The highest BCUT2D eigenvalue weighted by atomic mass is 28.3. The average Bonchev–Trinajstić information content (AvgIpc) is 2.45. The molecule has 20 heavy (non-hydrogen) atoms. The minimum atomic E-state index is -2.12. The van der Waals surface area contributed by atoms with Crippen LogP contribution in [-0.2, 0) is 4.79 Å². The van der Waals surface area contributed by atoms with Crippen molar-refractivity contribution in [1.82, 2.24) is 0 Å². The van der Waals surface area contributed by atoms with Crippen LogP contribution in [0.2, 0.25) is 11.1 Å². The first kappa shape index (κ1) is 14.7. The first-order valence-electron chi connectivity index (χ1n) is 7.07. The van der Waals surface area contributed by atoms with E-state index in [1.54, 1.807) is 0 Å². The quantitative estimate of drug-likeness (QED) is 0.621. The molecule has 2 heteroatoms. The summed E-state index contributed by atoms with van der Waals surface area (Å²) in [7, 11) is -2.12. The zero-order chi connectivity index (χ0) is 14.6. The van der Waals surface area contributed by atoms with Crippen molar-refractivity contribution in [3.8, 4) is 0 Å². The fraction of sp³-hybridized carbons (Fsp3) is 0.278. The molecule has 0 unspecified atom stereocenters. The summed E-state index contributed by atoms with van der Waals surface area (Å²) in [5, 5.41) is 2.76. The molecule has 0 saturated heterocycles. The van der Waals surface area contributed by atoms with E-state index < -0.39 is 8.07 Å². The number of carbonyl (C=O) groups excluding carboxylic acids is 1. The lowest BCUT2D eigenvalue weighted by atomic mass is 10.2. The molecule has 0 bridgehead atoms. The first-order valence-corrected chi connectivity index (χ1v) is 9.28. The molecule has 0 amide bonds. The molecule has 0 aromatic heterocycles. The van der Waals surface area contributed by atoms with Gasteiger partial charge in [-0.15, -0.1) is 0 Å². The number of carbonyl (C=O) groups is 1. The van der Waals surface area contributed by atoms with Crippen molar-refractivity contribution in [2.75, 3.05) is 0 Å². The summed E-state index contributed by atoms with van der Waals surface area (Å²) in [6.45, 7) is 6.80. The van der Waals surface area contributed by atoms with Crippen molar-refractivity contribution >= 4 is 24.7 Å². The Morgan fingerprint density at radius 2 is 1.25 bits per heavy atom. The lowest BCUT2D eigenvalue weighted by molar-refractivity contribution is -0.106. The number of benzene rings is 2. The highest BCUT2D eigenvalue weighted by Crippen LogP contribution is 2.37. The molecule has 0 heterocycles. The third kappa shape index (κ3) is 2.48. The van der Waals surface area contributed by atoms with E-state index in [0.29, 0.717) is 6.04 Å². The summed E-state index contributed by atoms with van der Waals surface area (Å²) in [5.74, 6) is 0. The highest BCUT2D eigenvalue weighted by molar-refractivity contribution is 7.05. The van der Waals surface area contributed by atoms with Crippen LogP contribution in [-0.4, -0.2) is 14.4 Å². The highest BCUT2D eigenvalue weighted by Gasteiger charge is 2.46. The lowest BCUT2D eigenvalue weighted by Gasteiger charge is -2.43. The summed E-state index contributed by atoms with van der Waals surface area (Å²) in [6, 6.07) is 21.8. The average molecular weight is 282 g/mol. The maximum atomic E-state index is 11.4. The Bertz CT molecular complexity index is 515. The Morgan fingerprint density at radius 3 is 1.55 bits per heavy atom. The van der Waals surface area contributed by atoms with Gasteiger partial charge in [-0.3, -0.25) is 0 Å². The summed E-state index contributed by atoms with van der Waals surface area (Å²) < 4.78 is 0. The molecule has 0 aliphatic heterocycles. The van der Waals surface area contributed by atoms with Crippen LogP contribution in [0.3, 0.4) is 0 Å². The van der Waals surface area contributed by atoms with E-state index in [0.717, 1.165) is 6.29 Å². The molecular formula is C18H22OSi. The van der Waals surface area contributed by atoms with Crippen molar-refractivity contribution in [3.05, 3.63) is 60.7 Å². The van der Waals surface area contributed by atoms with Crippen LogP contribution in [0.1, 0.15) is 20.8 Å². The molecule has 2 aromatic carbocycles. The molecule has 0 fully saturated rings. The Balaban J connectivity index is 2.73. The molecule has 2 aromatic rings. The third-order valence-electron chi connectivity index (χ3n) is 4.20. The molecule has 0 aliphatic carbocycles. The lowest BCUT2D eigenvalue weighted by Crippen LogP contribution is -2.64. The molecule has 0 atom stereocenters. The first-order chi connectivity index (χ1) is 9.52. The fourth-order valence-corrected chi connectivity index (χ4v) is 8.07. The zero-order valence-corrected chi connectivity index (χ0v) is 13.5. The largest absolute Gasteiger partial charge is 0.304 e. The van der Waals surface area contributed by atoms with Crippen molar-refractivity contribution < 1.29 is 4.79 Å². The second kappa shape index (κ2) is 5.76. The minimum absolute atomic E-state index is 0.0800. The molecule has 0 N–H and O–H groups in total.